The lowest BCUT2D eigenvalue weighted by atomic mass is 10.1. The molecule has 0 aromatic carbocycles. The van der Waals surface area contributed by atoms with Gasteiger partial charge in [-0.3, -0.25) is 10.5 Å². The Morgan fingerprint density at radius 3 is 2.89 bits per heavy atom. The third-order valence-corrected chi connectivity index (χ3v) is 3.02. The zero-order valence-electron chi connectivity index (χ0n) is 10.5. The Labute approximate surface area is 111 Å². The number of aromatic nitrogens is 4. The third-order valence-electron chi connectivity index (χ3n) is 2.73. The Kier molecular flexibility index (Phi) is 4.00. The maximum atomic E-state index is 6.20. The highest BCUT2D eigenvalue weighted by Crippen LogP contribution is 2.26. The smallest absolute Gasteiger partial charge is 0.108 e. The minimum absolute atomic E-state index is 0.257. The zero-order chi connectivity index (χ0) is 13.1. The van der Waals surface area contributed by atoms with Gasteiger partial charge in [0.1, 0.15) is 6.04 Å². The van der Waals surface area contributed by atoms with Crippen molar-refractivity contribution in [3.05, 3.63) is 35.1 Å². The van der Waals surface area contributed by atoms with Crippen LogP contribution in [-0.4, -0.2) is 19.3 Å². The molecule has 18 heavy (non-hydrogen) atoms. The van der Waals surface area contributed by atoms with Crippen molar-refractivity contribution in [1.29, 1.82) is 0 Å². The quantitative estimate of drug-likeness (QED) is 0.632. The second kappa shape index (κ2) is 5.51. The molecule has 2 aromatic heterocycles. The van der Waals surface area contributed by atoms with Crippen LogP contribution in [0.2, 0.25) is 5.02 Å². The van der Waals surface area contributed by atoms with Crippen LogP contribution < -0.4 is 11.3 Å². The van der Waals surface area contributed by atoms with Gasteiger partial charge in [-0.05, 0) is 6.42 Å². The molecule has 0 saturated carbocycles. The van der Waals surface area contributed by atoms with Crippen molar-refractivity contribution >= 4 is 11.6 Å². The number of nitrogens with one attached hydrogen (secondary N) is 1. The van der Waals surface area contributed by atoms with E-state index in [1.54, 1.807) is 12.5 Å². The van der Waals surface area contributed by atoms with Gasteiger partial charge in [-0.2, -0.15) is 5.10 Å². The molecule has 0 bridgehead atoms. The van der Waals surface area contributed by atoms with E-state index in [1.807, 2.05) is 22.5 Å². The normalized spacial score (nSPS) is 12.9. The highest BCUT2D eigenvalue weighted by Gasteiger charge is 2.22. The van der Waals surface area contributed by atoms with Gasteiger partial charge in [0.2, 0.25) is 0 Å². The van der Waals surface area contributed by atoms with Gasteiger partial charge in [-0.25, -0.2) is 10.4 Å². The molecule has 0 spiro atoms. The number of hydrogen-bond donors (Lipinski definition) is 2. The van der Waals surface area contributed by atoms with Crippen LogP contribution in [-0.2, 0) is 13.6 Å². The van der Waals surface area contributed by atoms with Gasteiger partial charge in [-0.1, -0.05) is 18.5 Å². The number of imidazole rings is 1. The van der Waals surface area contributed by atoms with E-state index in [-0.39, 0.29) is 6.04 Å². The van der Waals surface area contributed by atoms with Crippen LogP contribution in [0.4, 0.5) is 0 Å². The lowest BCUT2D eigenvalue weighted by Crippen LogP contribution is -2.31. The van der Waals surface area contributed by atoms with Gasteiger partial charge >= 0.3 is 0 Å². The van der Waals surface area contributed by atoms with Gasteiger partial charge < -0.3 is 4.57 Å². The lowest BCUT2D eigenvalue weighted by Gasteiger charge is -2.16. The van der Waals surface area contributed by atoms with Crippen LogP contribution in [0.15, 0.2) is 18.7 Å². The van der Waals surface area contributed by atoms with Crippen LogP contribution in [0, 0.1) is 0 Å². The first-order chi connectivity index (χ1) is 8.67. The fourth-order valence-corrected chi connectivity index (χ4v) is 2.19. The summed E-state index contributed by atoms with van der Waals surface area (Å²) in [4.78, 5) is 4.31. The summed E-state index contributed by atoms with van der Waals surface area (Å²) < 4.78 is 3.73. The first-order valence-corrected chi connectivity index (χ1v) is 6.20. The topological polar surface area (TPSA) is 73.7 Å². The Hall–Kier alpha value is -1.37. The van der Waals surface area contributed by atoms with Crippen LogP contribution in [0.3, 0.4) is 0 Å². The predicted molar refractivity (Wildman–Crippen MR) is 69.9 cm³/mol. The van der Waals surface area contributed by atoms with Crippen molar-refractivity contribution in [2.75, 3.05) is 0 Å². The van der Waals surface area contributed by atoms with Crippen LogP contribution in [0.5, 0.6) is 0 Å². The molecule has 98 valence electrons. The van der Waals surface area contributed by atoms with E-state index in [0.717, 1.165) is 24.4 Å². The Bertz CT molecular complexity index is 517. The molecule has 1 atom stereocenters. The van der Waals surface area contributed by atoms with E-state index in [4.69, 9.17) is 17.4 Å². The molecule has 0 fully saturated rings. The first kappa shape index (κ1) is 13.1. The molecule has 7 heteroatoms. The summed E-state index contributed by atoms with van der Waals surface area (Å²) in [6.07, 6.45) is 6.25. The molecule has 1 unspecified atom stereocenters. The fourth-order valence-electron chi connectivity index (χ4n) is 1.94. The average Bonchev–Trinajstić information content (AvgIpc) is 2.91. The molecule has 2 heterocycles. The van der Waals surface area contributed by atoms with E-state index >= 15 is 0 Å². The summed E-state index contributed by atoms with van der Waals surface area (Å²) in [5, 5.41) is 4.86. The zero-order valence-corrected chi connectivity index (χ0v) is 11.2. The van der Waals surface area contributed by atoms with Gasteiger partial charge in [0.05, 0.1) is 28.9 Å². The van der Waals surface area contributed by atoms with E-state index in [9.17, 15) is 0 Å². The SMILES string of the molecule is CCCn1ncc(Cl)c1C(NN)c1cn(C)cn1. The number of hydrazine groups is 1. The molecule has 0 radical (unpaired) electrons. The number of nitrogens with zero attached hydrogens (tertiary/aromatic N) is 4. The van der Waals surface area contributed by atoms with Crippen LogP contribution in [0.1, 0.15) is 30.8 Å². The fraction of sp³-hybridized carbons (Fsp3) is 0.455. The number of aryl methyl sites for hydroxylation is 2. The van der Waals surface area contributed by atoms with E-state index in [2.05, 4.69) is 22.4 Å². The highest BCUT2D eigenvalue weighted by molar-refractivity contribution is 6.31. The lowest BCUT2D eigenvalue weighted by molar-refractivity contribution is 0.516. The second-order valence-electron chi connectivity index (χ2n) is 4.16. The van der Waals surface area contributed by atoms with Gasteiger partial charge in [0.15, 0.2) is 0 Å². The largest absolute Gasteiger partial charge is 0.340 e. The third kappa shape index (κ3) is 2.40. The standard InChI is InChI=1S/C11H17ClN6/c1-3-4-18-11(8(12)5-15-18)10(16-13)9-6-17(2)7-14-9/h5-7,10,16H,3-4,13H2,1-2H3. The maximum absolute atomic E-state index is 6.20. The first-order valence-electron chi connectivity index (χ1n) is 5.82. The molecule has 0 amide bonds. The molecular formula is C11H17ClN6. The van der Waals surface area contributed by atoms with E-state index in [1.165, 1.54) is 0 Å². The molecule has 2 aromatic rings. The second-order valence-corrected chi connectivity index (χ2v) is 4.57. The number of hydrogen-bond acceptors (Lipinski definition) is 4. The van der Waals surface area contributed by atoms with Crippen molar-refractivity contribution in [1.82, 2.24) is 24.8 Å². The minimum atomic E-state index is -0.257. The molecule has 3 N–H and O–H groups in total. The monoisotopic (exact) mass is 268 g/mol. The average molecular weight is 269 g/mol. The van der Waals surface area contributed by atoms with Crippen LogP contribution >= 0.6 is 11.6 Å². The summed E-state index contributed by atoms with van der Waals surface area (Å²) in [6.45, 7) is 2.89. The van der Waals surface area contributed by atoms with Crippen molar-refractivity contribution in [3.8, 4) is 0 Å². The van der Waals surface area contributed by atoms with Gasteiger partial charge in [0.25, 0.3) is 0 Å². The number of halogens is 1. The van der Waals surface area contributed by atoms with Crippen molar-refractivity contribution in [2.45, 2.75) is 25.9 Å². The van der Waals surface area contributed by atoms with Crippen molar-refractivity contribution in [2.24, 2.45) is 12.9 Å². The van der Waals surface area contributed by atoms with Crippen molar-refractivity contribution < 1.29 is 0 Å². The van der Waals surface area contributed by atoms with Crippen molar-refractivity contribution in [3.63, 3.8) is 0 Å². The minimum Gasteiger partial charge on any atom is -0.340 e. The molecule has 0 aliphatic rings. The highest BCUT2D eigenvalue weighted by atomic mass is 35.5. The molecule has 0 aliphatic heterocycles. The summed E-state index contributed by atoms with van der Waals surface area (Å²) in [6, 6.07) is -0.257. The summed E-state index contributed by atoms with van der Waals surface area (Å²) in [5.41, 5.74) is 4.42. The number of nitrogens with two attached hydrogens (primary N) is 1. The molecular weight excluding hydrogens is 252 g/mol. The van der Waals surface area contributed by atoms with E-state index < -0.39 is 0 Å². The van der Waals surface area contributed by atoms with Gasteiger partial charge in [0, 0.05) is 19.8 Å². The molecule has 0 saturated heterocycles. The predicted octanol–water partition coefficient (Wildman–Crippen LogP) is 1.23. The Morgan fingerprint density at radius 2 is 2.33 bits per heavy atom. The molecule has 2 rings (SSSR count). The Balaban J connectivity index is 2.41. The molecule has 6 nitrogen and oxygen atoms in total. The van der Waals surface area contributed by atoms with Gasteiger partial charge in [-0.15, -0.1) is 0 Å². The van der Waals surface area contributed by atoms with Crippen LogP contribution in [0.25, 0.3) is 0 Å². The summed E-state index contributed by atoms with van der Waals surface area (Å²) in [7, 11) is 1.91. The number of rotatable bonds is 5. The summed E-state index contributed by atoms with van der Waals surface area (Å²) >= 11 is 6.20. The molecule has 0 aliphatic carbocycles. The summed E-state index contributed by atoms with van der Waals surface area (Å²) in [5.74, 6) is 5.64. The Morgan fingerprint density at radius 1 is 1.56 bits per heavy atom. The van der Waals surface area contributed by atoms with E-state index in [0.29, 0.717) is 5.02 Å². The maximum Gasteiger partial charge on any atom is 0.108 e.